The van der Waals surface area contributed by atoms with Crippen molar-refractivity contribution in [2.45, 2.75) is 12.7 Å². The smallest absolute Gasteiger partial charge is 0.418 e. The topological polar surface area (TPSA) is 118 Å². The number of para-hydroxylation sites is 1. The predicted molar refractivity (Wildman–Crippen MR) is 133 cm³/mol. The number of hydrazone groups is 1. The number of amides is 3. The van der Waals surface area contributed by atoms with Crippen molar-refractivity contribution in [2.24, 2.45) is 5.10 Å². The standard InChI is InChI=1S/C26H23F3N4O5/c1-37-19-10-6-17(7-11-19)14-30-24(35)25(36)33-31-15-18-8-12-20(13-9-18)38-16-23(34)32-22-5-3-2-4-21(22)26(27,28)29/h2-13,15H,14,16H2,1H3,(H,30,35)(H,32,34)(H,33,36)/b31-15-. The first-order valence-electron chi connectivity index (χ1n) is 11.1. The molecule has 0 saturated carbocycles. The second-order valence-electron chi connectivity index (χ2n) is 7.68. The van der Waals surface area contributed by atoms with E-state index in [0.29, 0.717) is 11.3 Å². The molecule has 3 amide bonds. The monoisotopic (exact) mass is 528 g/mol. The van der Waals surface area contributed by atoms with E-state index in [1.54, 1.807) is 43.5 Å². The van der Waals surface area contributed by atoms with Gasteiger partial charge in [-0.3, -0.25) is 14.4 Å². The Kier molecular flexibility index (Phi) is 9.41. The molecule has 0 fully saturated rings. The zero-order valence-corrected chi connectivity index (χ0v) is 20.0. The Morgan fingerprint density at radius 2 is 1.55 bits per heavy atom. The van der Waals surface area contributed by atoms with E-state index in [1.165, 1.54) is 30.5 Å². The van der Waals surface area contributed by atoms with Gasteiger partial charge in [-0.15, -0.1) is 0 Å². The molecule has 12 heteroatoms. The third kappa shape index (κ3) is 8.36. The largest absolute Gasteiger partial charge is 0.497 e. The Morgan fingerprint density at radius 3 is 2.21 bits per heavy atom. The molecule has 0 bridgehead atoms. The molecular weight excluding hydrogens is 505 g/mol. The summed E-state index contributed by atoms with van der Waals surface area (Å²) in [5, 5.41) is 8.38. The average molecular weight is 528 g/mol. The van der Waals surface area contributed by atoms with Crippen LogP contribution in [0.25, 0.3) is 0 Å². The lowest BCUT2D eigenvalue weighted by atomic mass is 10.1. The average Bonchev–Trinajstić information content (AvgIpc) is 2.91. The van der Waals surface area contributed by atoms with E-state index in [0.717, 1.165) is 17.7 Å². The van der Waals surface area contributed by atoms with Crippen LogP contribution in [0.1, 0.15) is 16.7 Å². The molecule has 0 saturated heterocycles. The normalized spacial score (nSPS) is 11.1. The molecule has 0 aliphatic heterocycles. The third-order valence-corrected chi connectivity index (χ3v) is 4.95. The lowest BCUT2D eigenvalue weighted by Crippen LogP contribution is -2.37. The molecule has 0 radical (unpaired) electrons. The minimum Gasteiger partial charge on any atom is -0.497 e. The van der Waals surface area contributed by atoms with Crippen LogP contribution in [0.3, 0.4) is 0 Å². The van der Waals surface area contributed by atoms with Gasteiger partial charge in [-0.25, -0.2) is 5.43 Å². The van der Waals surface area contributed by atoms with E-state index in [4.69, 9.17) is 9.47 Å². The molecule has 3 aromatic rings. The van der Waals surface area contributed by atoms with Crippen LogP contribution in [0.4, 0.5) is 18.9 Å². The van der Waals surface area contributed by atoms with Gasteiger partial charge in [0, 0.05) is 6.54 Å². The van der Waals surface area contributed by atoms with Crippen molar-refractivity contribution >= 4 is 29.6 Å². The molecule has 38 heavy (non-hydrogen) atoms. The number of hydrogen-bond acceptors (Lipinski definition) is 6. The molecule has 0 aliphatic carbocycles. The van der Waals surface area contributed by atoms with Gasteiger partial charge in [-0.2, -0.15) is 18.3 Å². The Hall–Kier alpha value is -4.87. The van der Waals surface area contributed by atoms with E-state index in [9.17, 15) is 27.6 Å². The van der Waals surface area contributed by atoms with Gasteiger partial charge in [-0.05, 0) is 59.7 Å². The van der Waals surface area contributed by atoms with Gasteiger partial charge in [0.25, 0.3) is 5.91 Å². The summed E-state index contributed by atoms with van der Waals surface area (Å²) in [6, 6.07) is 17.7. The van der Waals surface area contributed by atoms with Crippen LogP contribution < -0.4 is 25.5 Å². The SMILES string of the molecule is COc1ccc(CNC(=O)C(=O)N/N=C\c2ccc(OCC(=O)Nc3ccccc3C(F)(F)F)cc2)cc1. The van der Waals surface area contributed by atoms with Crippen LogP contribution >= 0.6 is 0 Å². The molecule has 3 N–H and O–H groups in total. The number of carbonyl (C=O) groups excluding carboxylic acids is 3. The Morgan fingerprint density at radius 1 is 0.895 bits per heavy atom. The van der Waals surface area contributed by atoms with E-state index >= 15 is 0 Å². The second-order valence-corrected chi connectivity index (χ2v) is 7.68. The first-order valence-corrected chi connectivity index (χ1v) is 11.1. The fourth-order valence-corrected chi connectivity index (χ4v) is 3.05. The molecule has 3 aromatic carbocycles. The van der Waals surface area contributed by atoms with Crippen LogP contribution in [0, 0.1) is 0 Å². The maximum Gasteiger partial charge on any atom is 0.418 e. The highest BCUT2D eigenvalue weighted by Crippen LogP contribution is 2.34. The maximum atomic E-state index is 13.0. The number of alkyl halides is 3. The van der Waals surface area contributed by atoms with Gasteiger partial charge in [0.15, 0.2) is 6.61 Å². The summed E-state index contributed by atoms with van der Waals surface area (Å²) in [6.07, 6.45) is -3.32. The van der Waals surface area contributed by atoms with Gasteiger partial charge in [0.05, 0.1) is 24.6 Å². The van der Waals surface area contributed by atoms with Gasteiger partial charge < -0.3 is 20.1 Å². The molecule has 198 valence electrons. The second kappa shape index (κ2) is 12.9. The molecular formula is C26H23F3N4O5. The van der Waals surface area contributed by atoms with E-state index in [-0.39, 0.29) is 18.0 Å². The molecule has 0 heterocycles. The van der Waals surface area contributed by atoms with Crippen molar-refractivity contribution in [2.75, 3.05) is 19.0 Å². The number of hydrogen-bond donors (Lipinski definition) is 3. The number of halogens is 3. The van der Waals surface area contributed by atoms with Crippen molar-refractivity contribution in [1.82, 2.24) is 10.7 Å². The van der Waals surface area contributed by atoms with Crippen molar-refractivity contribution in [3.05, 3.63) is 89.5 Å². The summed E-state index contributed by atoms with van der Waals surface area (Å²) < 4.78 is 49.5. The summed E-state index contributed by atoms with van der Waals surface area (Å²) in [7, 11) is 1.54. The van der Waals surface area contributed by atoms with Crippen LogP contribution in [0.5, 0.6) is 11.5 Å². The number of ether oxygens (including phenoxy) is 2. The number of nitrogens with zero attached hydrogens (tertiary/aromatic N) is 1. The number of carbonyl (C=O) groups is 3. The highest BCUT2D eigenvalue weighted by Gasteiger charge is 2.33. The third-order valence-electron chi connectivity index (χ3n) is 4.95. The summed E-state index contributed by atoms with van der Waals surface area (Å²) in [6.45, 7) is -0.365. The number of rotatable bonds is 9. The van der Waals surface area contributed by atoms with Crippen molar-refractivity contribution in [1.29, 1.82) is 0 Å². The predicted octanol–water partition coefficient (Wildman–Crippen LogP) is 3.50. The molecule has 0 spiro atoms. The Labute approximate surface area is 215 Å². The molecule has 0 unspecified atom stereocenters. The molecule has 0 aromatic heterocycles. The highest BCUT2D eigenvalue weighted by atomic mass is 19.4. The first-order chi connectivity index (χ1) is 18.2. The Bertz CT molecular complexity index is 1290. The number of nitrogens with one attached hydrogen (secondary N) is 3. The van der Waals surface area contributed by atoms with E-state index in [1.807, 2.05) is 0 Å². The van der Waals surface area contributed by atoms with Crippen LogP contribution in [0.2, 0.25) is 0 Å². The minimum atomic E-state index is -4.61. The zero-order valence-electron chi connectivity index (χ0n) is 20.0. The summed E-state index contributed by atoms with van der Waals surface area (Å²) in [5.41, 5.74) is 2.11. The zero-order chi connectivity index (χ0) is 27.5. The maximum absolute atomic E-state index is 13.0. The van der Waals surface area contributed by atoms with Crippen LogP contribution in [-0.2, 0) is 27.1 Å². The number of benzene rings is 3. The van der Waals surface area contributed by atoms with Crippen molar-refractivity contribution < 1.29 is 37.0 Å². The fraction of sp³-hybridized carbons (Fsp3) is 0.154. The molecule has 0 atom stereocenters. The van der Waals surface area contributed by atoms with E-state index < -0.39 is 36.1 Å². The molecule has 9 nitrogen and oxygen atoms in total. The quantitative estimate of drug-likeness (QED) is 0.223. The number of anilines is 1. The fourth-order valence-electron chi connectivity index (χ4n) is 3.05. The van der Waals surface area contributed by atoms with E-state index in [2.05, 4.69) is 21.2 Å². The van der Waals surface area contributed by atoms with Gasteiger partial charge in [0.2, 0.25) is 0 Å². The first kappa shape index (κ1) is 27.7. The van der Waals surface area contributed by atoms with Gasteiger partial charge >= 0.3 is 18.0 Å². The lowest BCUT2D eigenvalue weighted by molar-refractivity contribution is -0.139. The summed E-state index contributed by atoms with van der Waals surface area (Å²) in [5.74, 6) is -1.63. The van der Waals surface area contributed by atoms with Gasteiger partial charge in [-0.1, -0.05) is 24.3 Å². The summed E-state index contributed by atoms with van der Waals surface area (Å²) in [4.78, 5) is 35.8. The van der Waals surface area contributed by atoms with Crippen LogP contribution in [-0.4, -0.2) is 37.7 Å². The molecule has 0 aliphatic rings. The Balaban J connectivity index is 1.42. The van der Waals surface area contributed by atoms with Crippen molar-refractivity contribution in [3.63, 3.8) is 0 Å². The minimum absolute atomic E-state index is 0.147. The summed E-state index contributed by atoms with van der Waals surface area (Å²) >= 11 is 0. The lowest BCUT2D eigenvalue weighted by Gasteiger charge is -2.13. The highest BCUT2D eigenvalue weighted by molar-refractivity contribution is 6.35. The van der Waals surface area contributed by atoms with Crippen molar-refractivity contribution in [3.8, 4) is 11.5 Å². The van der Waals surface area contributed by atoms with Gasteiger partial charge in [0.1, 0.15) is 11.5 Å². The van der Waals surface area contributed by atoms with Crippen LogP contribution in [0.15, 0.2) is 77.9 Å². The molecule has 3 rings (SSSR count). The number of methoxy groups -OCH3 is 1.